The van der Waals surface area contributed by atoms with Crippen molar-refractivity contribution >= 4 is 11.9 Å². The summed E-state index contributed by atoms with van der Waals surface area (Å²) in [6.45, 7) is 13.4. The molecule has 246 valence electrons. The first kappa shape index (κ1) is 33.9. The highest BCUT2D eigenvalue weighted by atomic mass is 16.5. The Bertz CT molecular complexity index is 1420. The highest BCUT2D eigenvalue weighted by molar-refractivity contribution is 5.89. The third-order valence-electron chi connectivity index (χ3n) is 11.2. The Kier molecular flexibility index (Phi) is 11.0. The van der Waals surface area contributed by atoms with Crippen LogP contribution < -0.4 is 0 Å². The molecule has 5 nitrogen and oxygen atoms in total. The van der Waals surface area contributed by atoms with Gasteiger partial charge in [0, 0.05) is 12.8 Å². The van der Waals surface area contributed by atoms with E-state index in [1.165, 1.54) is 31.3 Å². The summed E-state index contributed by atoms with van der Waals surface area (Å²) < 4.78 is 11.8. The van der Waals surface area contributed by atoms with E-state index in [0.717, 1.165) is 30.4 Å². The standard InChI is InChI=1S/C41H52O5/c1-27(2)38(46-40(44)32-15-10-7-11-16-32)23-18-28(3)35-21-22-36-30(17-12-24-41(35,36)5)19-20-33-25-34(26-37(42)29(33)4)45-39(43)31-13-8-6-9-14-31/h6-11,13-16,19-20,27-28,34-38,42H,4,12,17-18,21-26H2,1-3,5H3/b30-19?,33-20-/t28-,34+,35-,36?,37-,38+,41-/m1/s1. The number of aliphatic hydroxyl groups excluding tert-OH is 1. The van der Waals surface area contributed by atoms with Crippen molar-refractivity contribution in [2.24, 2.45) is 29.1 Å². The number of fused-ring (bicyclic) bond motifs is 1. The first-order valence-electron chi connectivity index (χ1n) is 17.4. The molecule has 3 aliphatic rings. The lowest BCUT2D eigenvalue weighted by molar-refractivity contribution is 0.0109. The summed E-state index contributed by atoms with van der Waals surface area (Å²) in [5.74, 6) is 1.38. The van der Waals surface area contributed by atoms with Crippen LogP contribution in [0, 0.1) is 29.1 Å². The van der Waals surface area contributed by atoms with E-state index < -0.39 is 6.10 Å². The van der Waals surface area contributed by atoms with E-state index in [9.17, 15) is 14.7 Å². The molecule has 7 atom stereocenters. The minimum absolute atomic E-state index is 0.0941. The predicted octanol–water partition coefficient (Wildman–Crippen LogP) is 9.29. The third kappa shape index (κ3) is 7.74. The number of benzene rings is 2. The van der Waals surface area contributed by atoms with Crippen LogP contribution in [0.15, 0.2) is 96.1 Å². The largest absolute Gasteiger partial charge is 0.459 e. The molecule has 0 amide bonds. The van der Waals surface area contributed by atoms with Crippen LogP contribution in [0.1, 0.15) is 106 Å². The van der Waals surface area contributed by atoms with Gasteiger partial charge in [-0.15, -0.1) is 0 Å². The Hall–Kier alpha value is -3.44. The number of hydrogen-bond acceptors (Lipinski definition) is 5. The first-order valence-corrected chi connectivity index (χ1v) is 17.4. The van der Waals surface area contributed by atoms with Crippen LogP contribution in [0.5, 0.6) is 0 Å². The van der Waals surface area contributed by atoms with Crippen LogP contribution in [-0.2, 0) is 9.47 Å². The molecule has 2 aromatic rings. The zero-order chi connectivity index (χ0) is 32.8. The number of ether oxygens (including phenoxy) is 2. The molecule has 3 aliphatic carbocycles. The number of carbonyl (C=O) groups is 2. The number of allylic oxidation sites excluding steroid dienone is 3. The second kappa shape index (κ2) is 15.0. The van der Waals surface area contributed by atoms with Crippen LogP contribution in [0.25, 0.3) is 0 Å². The van der Waals surface area contributed by atoms with E-state index >= 15 is 0 Å². The molecule has 3 saturated carbocycles. The minimum Gasteiger partial charge on any atom is -0.459 e. The fraction of sp³-hybridized carbons (Fsp3) is 0.512. The number of hydrogen-bond donors (Lipinski definition) is 1. The summed E-state index contributed by atoms with van der Waals surface area (Å²) in [6.07, 6.45) is 12.0. The van der Waals surface area contributed by atoms with Crippen LogP contribution in [0.3, 0.4) is 0 Å². The van der Waals surface area contributed by atoms with Crippen LogP contribution in [0.4, 0.5) is 0 Å². The van der Waals surface area contributed by atoms with E-state index in [2.05, 4.69) is 46.4 Å². The maximum Gasteiger partial charge on any atom is 0.338 e. The molecule has 1 N–H and O–H groups in total. The molecule has 0 radical (unpaired) electrons. The molecule has 0 aromatic heterocycles. The van der Waals surface area contributed by atoms with Crippen LogP contribution in [-0.4, -0.2) is 35.4 Å². The zero-order valence-corrected chi connectivity index (χ0v) is 28.1. The molecule has 5 heteroatoms. The van der Waals surface area contributed by atoms with Crippen molar-refractivity contribution in [3.63, 3.8) is 0 Å². The summed E-state index contributed by atoms with van der Waals surface area (Å²) in [6, 6.07) is 18.3. The minimum atomic E-state index is -0.720. The summed E-state index contributed by atoms with van der Waals surface area (Å²) in [7, 11) is 0. The van der Waals surface area contributed by atoms with Gasteiger partial charge in [-0.3, -0.25) is 0 Å². The number of aliphatic hydroxyl groups is 1. The smallest absolute Gasteiger partial charge is 0.338 e. The van der Waals surface area contributed by atoms with Crippen molar-refractivity contribution in [2.45, 2.75) is 104 Å². The molecular weight excluding hydrogens is 572 g/mol. The molecule has 5 rings (SSSR count). The molecule has 46 heavy (non-hydrogen) atoms. The van der Waals surface area contributed by atoms with Crippen molar-refractivity contribution < 1.29 is 24.2 Å². The third-order valence-corrected chi connectivity index (χ3v) is 11.2. The first-order chi connectivity index (χ1) is 22.1. The molecule has 0 saturated heterocycles. The summed E-state index contributed by atoms with van der Waals surface area (Å²) in [5.41, 5.74) is 4.57. The lowest BCUT2D eigenvalue weighted by atomic mass is 9.60. The number of carbonyl (C=O) groups excluding carboxylic acids is 2. The normalized spacial score (nSPS) is 29.4. The lowest BCUT2D eigenvalue weighted by Gasteiger charge is -2.44. The fourth-order valence-corrected chi connectivity index (χ4v) is 8.48. The van der Waals surface area contributed by atoms with Crippen molar-refractivity contribution in [2.75, 3.05) is 0 Å². The van der Waals surface area contributed by atoms with Crippen molar-refractivity contribution in [1.29, 1.82) is 0 Å². The molecule has 0 spiro atoms. The SMILES string of the molecule is C=C1/C(=C\C=C2CCC[C@@]3(C)C2CC[C@@H]3[C@H](C)CC[C@H](OC(=O)c2ccccc2)C(C)C)C[C@H](OC(=O)c2ccccc2)C[C@H]1O. The maximum atomic E-state index is 12.8. The van der Waals surface area contributed by atoms with Gasteiger partial charge >= 0.3 is 11.9 Å². The number of esters is 2. The van der Waals surface area contributed by atoms with Crippen LogP contribution >= 0.6 is 0 Å². The van der Waals surface area contributed by atoms with Crippen molar-refractivity contribution in [3.8, 4) is 0 Å². The molecule has 0 aliphatic heterocycles. The highest BCUT2D eigenvalue weighted by Crippen LogP contribution is 2.60. The average molecular weight is 625 g/mol. The molecular formula is C41H52O5. The second-order valence-electron chi connectivity index (χ2n) is 14.5. The Morgan fingerprint density at radius 1 is 0.957 bits per heavy atom. The van der Waals surface area contributed by atoms with Gasteiger partial charge in [0.15, 0.2) is 0 Å². The zero-order valence-electron chi connectivity index (χ0n) is 28.1. The number of rotatable bonds is 10. The van der Waals surface area contributed by atoms with Gasteiger partial charge in [-0.1, -0.05) is 88.4 Å². The van der Waals surface area contributed by atoms with Gasteiger partial charge in [0.2, 0.25) is 0 Å². The lowest BCUT2D eigenvalue weighted by Crippen LogP contribution is -2.36. The molecule has 0 bridgehead atoms. The van der Waals surface area contributed by atoms with E-state index in [1.54, 1.807) is 12.1 Å². The van der Waals surface area contributed by atoms with Gasteiger partial charge in [0.1, 0.15) is 12.2 Å². The summed E-state index contributed by atoms with van der Waals surface area (Å²) in [4.78, 5) is 25.5. The topological polar surface area (TPSA) is 72.8 Å². The van der Waals surface area contributed by atoms with Crippen molar-refractivity contribution in [3.05, 3.63) is 107 Å². The monoisotopic (exact) mass is 624 g/mol. The summed E-state index contributed by atoms with van der Waals surface area (Å²) >= 11 is 0. The van der Waals surface area contributed by atoms with E-state index in [-0.39, 0.29) is 35.5 Å². The molecule has 3 fully saturated rings. The Morgan fingerprint density at radius 2 is 1.61 bits per heavy atom. The Labute approximate surface area is 275 Å². The second-order valence-corrected chi connectivity index (χ2v) is 14.5. The predicted molar refractivity (Wildman–Crippen MR) is 183 cm³/mol. The quantitative estimate of drug-likeness (QED) is 0.267. The Balaban J connectivity index is 1.22. The molecule has 1 unspecified atom stereocenters. The fourth-order valence-electron chi connectivity index (χ4n) is 8.48. The maximum absolute atomic E-state index is 12.8. The average Bonchev–Trinajstić information content (AvgIpc) is 3.42. The van der Waals surface area contributed by atoms with Gasteiger partial charge in [0.25, 0.3) is 0 Å². The molecule has 0 heterocycles. The highest BCUT2D eigenvalue weighted by Gasteiger charge is 2.50. The van der Waals surface area contributed by atoms with Crippen molar-refractivity contribution in [1.82, 2.24) is 0 Å². The van der Waals surface area contributed by atoms with E-state index in [1.807, 2.05) is 48.5 Å². The van der Waals surface area contributed by atoms with Gasteiger partial charge < -0.3 is 14.6 Å². The Morgan fingerprint density at radius 3 is 2.26 bits per heavy atom. The van der Waals surface area contributed by atoms with E-state index in [4.69, 9.17) is 9.47 Å². The van der Waals surface area contributed by atoms with Gasteiger partial charge in [-0.2, -0.15) is 0 Å². The summed E-state index contributed by atoms with van der Waals surface area (Å²) in [5, 5.41) is 10.8. The van der Waals surface area contributed by atoms with Gasteiger partial charge in [0.05, 0.1) is 17.2 Å². The van der Waals surface area contributed by atoms with Gasteiger partial charge in [-0.05, 0) is 109 Å². The molecule has 2 aromatic carbocycles. The van der Waals surface area contributed by atoms with E-state index in [0.29, 0.717) is 41.7 Å². The van der Waals surface area contributed by atoms with Crippen LogP contribution in [0.2, 0.25) is 0 Å². The van der Waals surface area contributed by atoms with Gasteiger partial charge in [-0.25, -0.2) is 9.59 Å².